The van der Waals surface area contributed by atoms with Crippen molar-refractivity contribution in [3.63, 3.8) is 0 Å². The quantitative estimate of drug-likeness (QED) is 0.552. The number of hydrogen-bond acceptors (Lipinski definition) is 2. The van der Waals surface area contributed by atoms with Crippen molar-refractivity contribution in [2.75, 3.05) is 6.54 Å². The van der Waals surface area contributed by atoms with Crippen molar-refractivity contribution in [1.82, 2.24) is 5.01 Å². The van der Waals surface area contributed by atoms with E-state index in [1.54, 1.807) is 0 Å². The van der Waals surface area contributed by atoms with Crippen LogP contribution in [0.2, 0.25) is 0 Å². The highest BCUT2D eigenvalue weighted by atomic mass is 15.5. The maximum atomic E-state index is 5.08. The number of rotatable bonds is 7. The highest BCUT2D eigenvalue weighted by molar-refractivity contribution is 6.32. The minimum absolute atomic E-state index is 0.379. The topological polar surface area (TPSA) is 28.0 Å². The van der Waals surface area contributed by atoms with Crippen LogP contribution in [0.25, 0.3) is 0 Å². The van der Waals surface area contributed by atoms with Gasteiger partial charge in [0.25, 0.3) is 0 Å². The van der Waals surface area contributed by atoms with Crippen LogP contribution in [-0.2, 0) is 6.42 Å². The Morgan fingerprint density at radius 1 is 0.897 bits per heavy atom. The van der Waals surface area contributed by atoms with Gasteiger partial charge in [-0.05, 0) is 51.2 Å². The van der Waals surface area contributed by atoms with Crippen LogP contribution >= 0.6 is 0 Å². The summed E-state index contributed by atoms with van der Waals surface area (Å²) in [6, 6.07) is 19.9. The van der Waals surface area contributed by atoms with Crippen molar-refractivity contribution in [1.29, 1.82) is 0 Å². The van der Waals surface area contributed by atoms with Gasteiger partial charge in [0.2, 0.25) is 0 Å². The predicted octanol–water partition coefficient (Wildman–Crippen LogP) is 6.24. The van der Waals surface area contributed by atoms with E-state index >= 15 is 0 Å². The second-order valence-electron chi connectivity index (χ2n) is 7.80. The molecular formula is C26H33N3. The standard InChI is InChI=1S/C26H33N3/c1-6-23(7-2)29-26(27-8-3)24(19(4)5)25(28-29)22-16-14-21(15-17-22)18-20-12-10-9-11-13-20/h9-17,23H,6-8,18H2,1-5H3/b27-26+. The number of amidine groups is 1. The molecule has 1 heterocycles. The molecule has 0 saturated carbocycles. The number of hydrazone groups is 1. The fourth-order valence-corrected chi connectivity index (χ4v) is 3.89. The van der Waals surface area contributed by atoms with Crippen molar-refractivity contribution in [2.24, 2.45) is 10.1 Å². The van der Waals surface area contributed by atoms with Crippen molar-refractivity contribution in [3.05, 3.63) is 82.4 Å². The monoisotopic (exact) mass is 387 g/mol. The molecule has 3 rings (SSSR count). The second kappa shape index (κ2) is 9.69. The van der Waals surface area contributed by atoms with E-state index in [1.165, 1.54) is 22.3 Å². The molecule has 0 unspecified atom stereocenters. The van der Waals surface area contributed by atoms with Crippen LogP contribution in [0.1, 0.15) is 64.2 Å². The Balaban J connectivity index is 1.95. The molecule has 0 aliphatic carbocycles. The van der Waals surface area contributed by atoms with E-state index in [9.17, 15) is 0 Å². The molecule has 0 aromatic heterocycles. The number of allylic oxidation sites excluding steroid dienone is 1. The summed E-state index contributed by atoms with van der Waals surface area (Å²) in [5.74, 6) is 1.03. The van der Waals surface area contributed by atoms with Crippen LogP contribution in [-0.4, -0.2) is 29.1 Å². The van der Waals surface area contributed by atoms with Gasteiger partial charge in [0, 0.05) is 17.7 Å². The molecule has 0 saturated heterocycles. The summed E-state index contributed by atoms with van der Waals surface area (Å²) >= 11 is 0. The summed E-state index contributed by atoms with van der Waals surface area (Å²) in [5.41, 5.74) is 7.32. The summed E-state index contributed by atoms with van der Waals surface area (Å²) < 4.78 is 0. The van der Waals surface area contributed by atoms with Gasteiger partial charge in [0.15, 0.2) is 5.84 Å². The van der Waals surface area contributed by atoms with Crippen LogP contribution < -0.4 is 0 Å². The molecule has 0 fully saturated rings. The van der Waals surface area contributed by atoms with E-state index in [-0.39, 0.29) is 0 Å². The van der Waals surface area contributed by atoms with Gasteiger partial charge in [-0.1, -0.05) is 74.0 Å². The lowest BCUT2D eigenvalue weighted by Gasteiger charge is -2.24. The lowest BCUT2D eigenvalue weighted by atomic mass is 9.96. The molecule has 0 spiro atoms. The van der Waals surface area contributed by atoms with Crippen LogP contribution in [0.15, 0.2) is 75.8 Å². The number of aliphatic imine (C=N–C) groups is 1. The number of nitrogens with zero attached hydrogens (tertiary/aromatic N) is 3. The minimum Gasteiger partial charge on any atom is -0.267 e. The van der Waals surface area contributed by atoms with Gasteiger partial charge in [-0.15, -0.1) is 0 Å². The average Bonchev–Trinajstić information content (AvgIpc) is 3.10. The van der Waals surface area contributed by atoms with Crippen LogP contribution in [0.4, 0.5) is 0 Å². The van der Waals surface area contributed by atoms with Crippen LogP contribution in [0.5, 0.6) is 0 Å². The Bertz CT molecular complexity index is 897. The molecule has 2 aromatic rings. The average molecular weight is 388 g/mol. The largest absolute Gasteiger partial charge is 0.267 e. The maximum absolute atomic E-state index is 5.08. The number of benzene rings is 2. The van der Waals surface area contributed by atoms with Gasteiger partial charge in [-0.25, -0.2) is 5.01 Å². The van der Waals surface area contributed by atoms with E-state index in [2.05, 4.69) is 94.2 Å². The lowest BCUT2D eigenvalue weighted by Crippen LogP contribution is -2.33. The first kappa shape index (κ1) is 21.0. The summed E-state index contributed by atoms with van der Waals surface area (Å²) in [6.45, 7) is 11.6. The zero-order valence-corrected chi connectivity index (χ0v) is 18.4. The molecule has 0 N–H and O–H groups in total. The zero-order chi connectivity index (χ0) is 20.8. The molecule has 0 amide bonds. The van der Waals surface area contributed by atoms with Gasteiger partial charge in [-0.3, -0.25) is 4.99 Å². The third-order valence-electron chi connectivity index (χ3n) is 5.46. The summed E-state index contributed by atoms with van der Waals surface area (Å²) in [4.78, 5) is 4.84. The molecule has 152 valence electrons. The molecule has 0 radical (unpaired) electrons. The van der Waals surface area contributed by atoms with Crippen molar-refractivity contribution >= 4 is 11.5 Å². The third-order valence-corrected chi connectivity index (χ3v) is 5.46. The normalized spacial score (nSPS) is 15.4. The smallest absolute Gasteiger partial charge is 0.153 e. The van der Waals surface area contributed by atoms with Gasteiger partial charge < -0.3 is 0 Å². The molecule has 1 aliphatic rings. The molecule has 3 heteroatoms. The molecule has 1 aliphatic heterocycles. The molecule has 0 bridgehead atoms. The third kappa shape index (κ3) is 4.67. The first-order valence-corrected chi connectivity index (χ1v) is 10.8. The summed E-state index contributed by atoms with van der Waals surface area (Å²) in [7, 11) is 0. The van der Waals surface area contributed by atoms with Crippen LogP contribution in [0.3, 0.4) is 0 Å². The van der Waals surface area contributed by atoms with Crippen LogP contribution in [0, 0.1) is 0 Å². The van der Waals surface area contributed by atoms with Gasteiger partial charge in [0.1, 0.15) is 5.71 Å². The van der Waals surface area contributed by atoms with Gasteiger partial charge >= 0.3 is 0 Å². The van der Waals surface area contributed by atoms with E-state index < -0.39 is 0 Å². The van der Waals surface area contributed by atoms with Crippen molar-refractivity contribution in [3.8, 4) is 0 Å². The zero-order valence-electron chi connectivity index (χ0n) is 18.4. The molecular weight excluding hydrogens is 354 g/mol. The van der Waals surface area contributed by atoms with Crippen molar-refractivity contribution in [2.45, 2.75) is 59.9 Å². The maximum Gasteiger partial charge on any atom is 0.153 e. The Morgan fingerprint density at radius 2 is 1.52 bits per heavy atom. The lowest BCUT2D eigenvalue weighted by molar-refractivity contribution is 0.313. The highest BCUT2D eigenvalue weighted by Crippen LogP contribution is 2.28. The molecule has 29 heavy (non-hydrogen) atoms. The summed E-state index contributed by atoms with van der Waals surface area (Å²) in [5, 5.41) is 7.24. The van der Waals surface area contributed by atoms with Crippen molar-refractivity contribution < 1.29 is 0 Å². The predicted molar refractivity (Wildman–Crippen MR) is 125 cm³/mol. The fourth-order valence-electron chi connectivity index (χ4n) is 3.89. The highest BCUT2D eigenvalue weighted by Gasteiger charge is 2.32. The van der Waals surface area contributed by atoms with Gasteiger partial charge in [0.05, 0.1) is 6.04 Å². The Kier molecular flexibility index (Phi) is 7.03. The van der Waals surface area contributed by atoms with E-state index in [0.717, 1.165) is 42.9 Å². The SMILES string of the molecule is CC/N=C1\C(=C(C)C)C(c2ccc(Cc3ccccc3)cc2)=NN1C(CC)CC. The molecule has 3 nitrogen and oxygen atoms in total. The van der Waals surface area contributed by atoms with E-state index in [0.29, 0.717) is 6.04 Å². The minimum atomic E-state index is 0.379. The Labute approximate surface area is 175 Å². The number of hydrogen-bond donors (Lipinski definition) is 0. The Morgan fingerprint density at radius 3 is 2.07 bits per heavy atom. The second-order valence-corrected chi connectivity index (χ2v) is 7.80. The van der Waals surface area contributed by atoms with E-state index in [4.69, 9.17) is 10.1 Å². The fraction of sp³-hybridized carbons (Fsp3) is 0.385. The van der Waals surface area contributed by atoms with Gasteiger partial charge in [-0.2, -0.15) is 5.10 Å². The molecule has 0 atom stereocenters. The van der Waals surface area contributed by atoms with E-state index in [1.807, 2.05) is 0 Å². The first-order valence-electron chi connectivity index (χ1n) is 10.8. The Hall–Kier alpha value is -2.68. The summed E-state index contributed by atoms with van der Waals surface area (Å²) in [6.07, 6.45) is 3.07. The molecule has 2 aromatic carbocycles. The first-order chi connectivity index (χ1) is 14.1.